The molecule has 1 aliphatic carbocycles. The van der Waals surface area contributed by atoms with Crippen molar-refractivity contribution in [3.63, 3.8) is 0 Å². The molecule has 2 heterocycles. The normalized spacial score (nSPS) is 16.2. The summed E-state index contributed by atoms with van der Waals surface area (Å²) in [6.07, 6.45) is 2.78. The van der Waals surface area contributed by atoms with Gasteiger partial charge in [-0.3, -0.25) is 4.90 Å². The zero-order chi connectivity index (χ0) is 38.6. The fourth-order valence-corrected chi connectivity index (χ4v) is 7.36. The molecule has 4 aromatic rings. The van der Waals surface area contributed by atoms with E-state index in [1.807, 2.05) is 12.1 Å². The number of fused-ring (bicyclic) bond motifs is 1. The molecule has 12 heteroatoms. The average Bonchev–Trinajstić information content (AvgIpc) is 3.67. The maximum Gasteiger partial charge on any atom is 0.490 e. The van der Waals surface area contributed by atoms with E-state index in [4.69, 9.17) is 19.4 Å². The number of rotatable bonds is 11. The molecule has 2 aliphatic heterocycles. The minimum atomic E-state index is -5.08. The van der Waals surface area contributed by atoms with Crippen LogP contribution in [0.15, 0.2) is 97.1 Å². The second-order valence-corrected chi connectivity index (χ2v) is 14.4. The third-order valence-corrected chi connectivity index (χ3v) is 10.3. The van der Waals surface area contributed by atoms with Crippen molar-refractivity contribution < 1.29 is 37.3 Å². The monoisotopic (exact) mass is 758 g/mol. The Morgan fingerprint density at radius 1 is 0.727 bits per heavy atom. The Balaban J connectivity index is 0.000000672. The first-order valence-corrected chi connectivity index (χ1v) is 19.0. The molecule has 3 aliphatic rings. The quantitative estimate of drug-likeness (QED) is 0.141. The van der Waals surface area contributed by atoms with E-state index in [-0.39, 0.29) is 12.1 Å². The van der Waals surface area contributed by atoms with Crippen molar-refractivity contribution in [2.24, 2.45) is 0 Å². The third kappa shape index (κ3) is 11.7. The van der Waals surface area contributed by atoms with Gasteiger partial charge in [0.25, 0.3) is 0 Å². The Bertz CT molecular complexity index is 1840. The number of halogens is 3. The van der Waals surface area contributed by atoms with Gasteiger partial charge in [-0.2, -0.15) is 13.2 Å². The van der Waals surface area contributed by atoms with Crippen molar-refractivity contribution in [1.29, 1.82) is 0 Å². The summed E-state index contributed by atoms with van der Waals surface area (Å²) in [5.74, 6) is -1.13. The lowest BCUT2D eigenvalue weighted by molar-refractivity contribution is -0.192. The highest BCUT2D eigenvalue weighted by Gasteiger charge is 2.38. The first kappa shape index (κ1) is 39.6. The largest absolute Gasteiger partial charge is 0.490 e. The molecule has 7 rings (SSSR count). The maximum absolute atomic E-state index is 13.9. The topological polar surface area (TPSA) is 103 Å². The first-order valence-electron chi connectivity index (χ1n) is 19.0. The number of alkyl halides is 3. The van der Waals surface area contributed by atoms with Gasteiger partial charge in [0, 0.05) is 51.4 Å². The van der Waals surface area contributed by atoms with Gasteiger partial charge in [0.05, 0.1) is 0 Å². The number of likely N-dealkylation sites (tertiary alicyclic amines) is 1. The molecule has 4 aromatic carbocycles. The number of carboxylic acid groups (broad SMARTS) is 1. The highest BCUT2D eigenvalue weighted by molar-refractivity contribution is 5.75. The van der Waals surface area contributed by atoms with Crippen LogP contribution in [-0.2, 0) is 31.0 Å². The van der Waals surface area contributed by atoms with Gasteiger partial charge in [-0.25, -0.2) is 9.59 Å². The van der Waals surface area contributed by atoms with Crippen LogP contribution in [0, 0.1) is 0 Å². The number of amides is 2. The molecular weight excluding hydrogens is 709 g/mol. The maximum atomic E-state index is 13.9. The van der Waals surface area contributed by atoms with Gasteiger partial charge in [0.1, 0.15) is 0 Å². The number of carbonyl (C=O) groups is 2. The van der Waals surface area contributed by atoms with E-state index in [9.17, 15) is 18.0 Å². The molecular formula is C43H49F3N4O5. The van der Waals surface area contributed by atoms with Crippen molar-refractivity contribution in [3.8, 4) is 22.6 Å². The molecule has 2 fully saturated rings. The Morgan fingerprint density at radius 3 is 2.09 bits per heavy atom. The summed E-state index contributed by atoms with van der Waals surface area (Å²) < 4.78 is 42.7. The summed E-state index contributed by atoms with van der Waals surface area (Å²) in [6.45, 7) is 5.44. The smallest absolute Gasteiger partial charge is 0.475 e. The number of benzene rings is 4. The highest BCUT2D eigenvalue weighted by Crippen LogP contribution is 2.32. The molecule has 0 bridgehead atoms. The fourth-order valence-electron chi connectivity index (χ4n) is 7.36. The van der Waals surface area contributed by atoms with E-state index in [0.717, 1.165) is 69.9 Å². The minimum Gasteiger partial charge on any atom is -0.475 e. The minimum absolute atomic E-state index is 0.103. The lowest BCUT2D eigenvalue weighted by atomic mass is 9.95. The van der Waals surface area contributed by atoms with Crippen molar-refractivity contribution in [1.82, 2.24) is 20.4 Å². The summed E-state index contributed by atoms with van der Waals surface area (Å²) >= 11 is 0. The molecule has 3 N–H and O–H groups in total. The van der Waals surface area contributed by atoms with Gasteiger partial charge in [-0.15, -0.1) is 0 Å². The Morgan fingerprint density at radius 2 is 1.38 bits per heavy atom. The number of carboxylic acids is 1. The van der Waals surface area contributed by atoms with Crippen LogP contribution in [0.2, 0.25) is 0 Å². The Labute approximate surface area is 320 Å². The van der Waals surface area contributed by atoms with Crippen LogP contribution < -0.4 is 20.1 Å². The van der Waals surface area contributed by atoms with Crippen LogP contribution in [0.4, 0.5) is 18.0 Å². The molecule has 2 amide bonds. The summed E-state index contributed by atoms with van der Waals surface area (Å²) in [7, 11) is 0. The summed E-state index contributed by atoms with van der Waals surface area (Å²) in [6, 6.07) is 35.0. The lowest BCUT2D eigenvalue weighted by Gasteiger charge is -2.39. The zero-order valence-electron chi connectivity index (χ0n) is 30.9. The van der Waals surface area contributed by atoms with E-state index < -0.39 is 12.1 Å². The van der Waals surface area contributed by atoms with Gasteiger partial charge in [-0.05, 0) is 77.3 Å². The standard InChI is InChI=1S/C41H48N4O3.C2HF3O2/c46-41(43-37-12-5-2-6-13-37)45(38-20-22-44(23-21-38)28-32-8-3-1-4-9-32)29-34-10-7-11-36(24-34)35-17-14-31(15-18-35)26-42-27-33-16-19-39-40(25-33)48-30-47-39;3-2(4,5)1(6)7/h1,3-4,7-11,14-19,24-25,37-38,42H,2,5-6,12-13,20-23,26-30H2,(H,43,46);(H,6,7). The third-order valence-electron chi connectivity index (χ3n) is 10.3. The SMILES string of the molecule is O=C(NC1CCCCC1)N(Cc1cccc(-c2ccc(CNCc3ccc4c(c3)OCO4)cc2)c1)C1CCN(Cc2ccccc2)CC1.O=C(O)C(F)(F)F. The van der Waals surface area contributed by atoms with Gasteiger partial charge in [-0.1, -0.05) is 98.1 Å². The number of urea groups is 1. The van der Waals surface area contributed by atoms with Crippen LogP contribution in [0.25, 0.3) is 11.1 Å². The summed E-state index contributed by atoms with van der Waals surface area (Å²) in [5.41, 5.74) is 7.30. The molecule has 55 heavy (non-hydrogen) atoms. The summed E-state index contributed by atoms with van der Waals surface area (Å²) in [4.78, 5) is 27.5. The molecule has 1 saturated carbocycles. The Kier molecular flexibility index (Phi) is 13.7. The van der Waals surface area contributed by atoms with Crippen LogP contribution in [-0.4, -0.2) is 65.0 Å². The van der Waals surface area contributed by atoms with E-state index >= 15 is 0 Å². The van der Waals surface area contributed by atoms with Crippen molar-refractivity contribution >= 4 is 12.0 Å². The van der Waals surface area contributed by atoms with Crippen molar-refractivity contribution in [2.45, 2.75) is 89.4 Å². The van der Waals surface area contributed by atoms with E-state index in [0.29, 0.717) is 19.4 Å². The molecule has 0 radical (unpaired) electrons. The zero-order valence-corrected chi connectivity index (χ0v) is 30.9. The van der Waals surface area contributed by atoms with Crippen LogP contribution in [0.1, 0.15) is 67.2 Å². The van der Waals surface area contributed by atoms with Crippen molar-refractivity contribution in [3.05, 3.63) is 119 Å². The van der Waals surface area contributed by atoms with Crippen LogP contribution >= 0.6 is 0 Å². The van der Waals surface area contributed by atoms with Crippen molar-refractivity contribution in [2.75, 3.05) is 19.9 Å². The van der Waals surface area contributed by atoms with E-state index in [1.165, 1.54) is 52.6 Å². The number of hydrogen-bond acceptors (Lipinski definition) is 6. The number of aliphatic carboxylic acids is 1. The molecule has 0 aromatic heterocycles. The van der Waals surface area contributed by atoms with Gasteiger partial charge in [0.15, 0.2) is 11.5 Å². The molecule has 9 nitrogen and oxygen atoms in total. The molecule has 1 saturated heterocycles. The van der Waals surface area contributed by atoms with Gasteiger partial charge in [0.2, 0.25) is 6.79 Å². The molecule has 292 valence electrons. The summed E-state index contributed by atoms with van der Waals surface area (Å²) in [5, 5.41) is 14.1. The molecule has 0 unspecified atom stereocenters. The van der Waals surface area contributed by atoms with Gasteiger partial charge < -0.3 is 30.1 Å². The first-order chi connectivity index (χ1) is 26.6. The number of ether oxygens (including phenoxy) is 2. The highest BCUT2D eigenvalue weighted by atomic mass is 19.4. The number of nitrogens with one attached hydrogen (secondary N) is 2. The Hall–Kier alpha value is -5.07. The average molecular weight is 759 g/mol. The second kappa shape index (κ2) is 19.0. The second-order valence-electron chi connectivity index (χ2n) is 14.4. The number of nitrogens with zero attached hydrogens (tertiary/aromatic N) is 2. The fraction of sp³-hybridized carbons (Fsp3) is 0.395. The van der Waals surface area contributed by atoms with Gasteiger partial charge >= 0.3 is 18.2 Å². The van der Waals surface area contributed by atoms with E-state index in [2.05, 4.69) is 105 Å². The number of hydrogen-bond donors (Lipinski definition) is 3. The molecule has 0 atom stereocenters. The van der Waals surface area contributed by atoms with E-state index in [1.54, 1.807) is 0 Å². The van der Waals surface area contributed by atoms with Crippen LogP contribution in [0.5, 0.6) is 11.5 Å². The molecule has 0 spiro atoms. The predicted molar refractivity (Wildman–Crippen MR) is 204 cm³/mol. The predicted octanol–water partition coefficient (Wildman–Crippen LogP) is 8.51. The number of carbonyl (C=O) groups excluding carboxylic acids is 1. The number of piperidine rings is 1. The lowest BCUT2D eigenvalue weighted by Crippen LogP contribution is -2.52. The van der Waals surface area contributed by atoms with Crippen LogP contribution in [0.3, 0.4) is 0 Å².